The quantitative estimate of drug-likeness (QED) is 0.610. The average Bonchev–Trinajstić information content (AvgIpc) is 3.05. The number of rotatable bonds is 5. The fourth-order valence-corrected chi connectivity index (χ4v) is 4.09. The van der Waals surface area contributed by atoms with Gasteiger partial charge in [-0.1, -0.05) is 47.5 Å². The molecule has 0 radical (unpaired) electrons. The van der Waals surface area contributed by atoms with E-state index >= 15 is 0 Å². The van der Waals surface area contributed by atoms with Crippen LogP contribution in [0, 0.1) is 35.0 Å². The average molecular weight is 194 g/mol. The Morgan fingerprint density at radius 1 is 1.14 bits per heavy atom. The number of fused-ring (bicyclic) bond motifs is 1. The van der Waals surface area contributed by atoms with Crippen LogP contribution in [0.2, 0.25) is 0 Å². The second-order valence-corrected chi connectivity index (χ2v) is 6.01. The van der Waals surface area contributed by atoms with E-state index in [1.54, 1.807) is 6.42 Å². The Labute approximate surface area is 89.5 Å². The minimum Gasteiger partial charge on any atom is -0.0651 e. The van der Waals surface area contributed by atoms with E-state index in [0.29, 0.717) is 0 Å². The lowest BCUT2D eigenvalue weighted by Crippen LogP contribution is -2.26. The Morgan fingerprint density at radius 2 is 1.57 bits per heavy atom. The van der Waals surface area contributed by atoms with Crippen LogP contribution in [0.1, 0.15) is 53.9 Å². The van der Waals surface area contributed by atoms with Crippen molar-refractivity contribution in [2.24, 2.45) is 35.0 Å². The highest BCUT2D eigenvalue weighted by Gasteiger charge is 2.79. The largest absolute Gasteiger partial charge is 0.0651 e. The molecule has 0 aromatic heterocycles. The fourth-order valence-electron chi connectivity index (χ4n) is 4.09. The summed E-state index contributed by atoms with van der Waals surface area (Å²) in [5.41, 5.74) is 0.838. The molecule has 0 heterocycles. The van der Waals surface area contributed by atoms with Gasteiger partial charge in [-0.3, -0.25) is 0 Å². The van der Waals surface area contributed by atoms with Gasteiger partial charge in [-0.05, 0) is 41.4 Å². The first-order valence-electron chi connectivity index (χ1n) is 6.59. The molecule has 0 bridgehead atoms. The zero-order valence-electron chi connectivity index (χ0n) is 10.5. The maximum atomic E-state index is 2.48. The maximum absolute atomic E-state index is 2.48. The first kappa shape index (κ1) is 10.5. The van der Waals surface area contributed by atoms with E-state index in [1.165, 1.54) is 12.8 Å². The zero-order chi connectivity index (χ0) is 10.5. The SMILES string of the molecule is CCC(C)C(C(C)CC)C12CC1C2C. The lowest BCUT2D eigenvalue weighted by Gasteiger charge is -2.32. The standard InChI is InChI=1S/C14H26/c1-6-9(3)13(10(4)7-2)14-8-12(14)11(14)5/h9-13H,6-8H2,1-5H3. The summed E-state index contributed by atoms with van der Waals surface area (Å²) in [6.45, 7) is 12.2. The summed E-state index contributed by atoms with van der Waals surface area (Å²) in [6.07, 6.45) is 4.31. The molecule has 5 unspecified atom stereocenters. The van der Waals surface area contributed by atoms with Gasteiger partial charge in [0.2, 0.25) is 0 Å². The van der Waals surface area contributed by atoms with Gasteiger partial charge in [-0.2, -0.15) is 0 Å². The van der Waals surface area contributed by atoms with Crippen molar-refractivity contribution in [2.45, 2.75) is 53.9 Å². The second kappa shape index (κ2) is 3.25. The third kappa shape index (κ3) is 1.19. The predicted molar refractivity (Wildman–Crippen MR) is 62.1 cm³/mol. The van der Waals surface area contributed by atoms with Gasteiger partial charge in [0.15, 0.2) is 0 Å². The van der Waals surface area contributed by atoms with E-state index in [1.807, 2.05) is 0 Å². The first-order valence-corrected chi connectivity index (χ1v) is 6.59. The predicted octanol–water partition coefficient (Wildman–Crippen LogP) is 4.35. The Balaban J connectivity index is 2.08. The lowest BCUT2D eigenvalue weighted by atomic mass is 9.72. The minimum absolute atomic E-state index is 0.838. The number of hydrogen-bond donors (Lipinski definition) is 0. The van der Waals surface area contributed by atoms with Gasteiger partial charge in [-0.15, -0.1) is 0 Å². The monoisotopic (exact) mass is 194 g/mol. The van der Waals surface area contributed by atoms with Gasteiger partial charge < -0.3 is 0 Å². The molecule has 2 aliphatic carbocycles. The van der Waals surface area contributed by atoms with E-state index < -0.39 is 0 Å². The molecular weight excluding hydrogens is 168 g/mol. The molecule has 82 valence electrons. The van der Waals surface area contributed by atoms with E-state index in [2.05, 4.69) is 34.6 Å². The number of hydrogen-bond acceptors (Lipinski definition) is 0. The van der Waals surface area contributed by atoms with E-state index in [4.69, 9.17) is 0 Å². The van der Waals surface area contributed by atoms with Crippen LogP contribution in [0.3, 0.4) is 0 Å². The molecule has 0 aliphatic heterocycles. The smallest absolute Gasteiger partial charge is 0.0201 e. The molecule has 0 nitrogen and oxygen atoms in total. The highest BCUT2D eigenvalue weighted by atomic mass is 14.8. The van der Waals surface area contributed by atoms with Gasteiger partial charge in [0, 0.05) is 0 Å². The van der Waals surface area contributed by atoms with Crippen LogP contribution in [0.5, 0.6) is 0 Å². The van der Waals surface area contributed by atoms with Crippen LogP contribution in [0.25, 0.3) is 0 Å². The topological polar surface area (TPSA) is 0 Å². The molecule has 2 rings (SSSR count). The Kier molecular flexibility index (Phi) is 2.44. The molecular formula is C14H26. The fraction of sp³-hybridized carbons (Fsp3) is 1.00. The highest BCUT2D eigenvalue weighted by Crippen LogP contribution is 2.84. The van der Waals surface area contributed by atoms with Crippen molar-refractivity contribution >= 4 is 0 Å². The molecule has 0 heteroatoms. The normalized spacial score (nSPS) is 45.2. The second-order valence-electron chi connectivity index (χ2n) is 6.01. The molecule has 14 heavy (non-hydrogen) atoms. The van der Waals surface area contributed by atoms with Crippen molar-refractivity contribution in [2.75, 3.05) is 0 Å². The Hall–Kier alpha value is 0. The van der Waals surface area contributed by atoms with Crippen LogP contribution in [-0.4, -0.2) is 0 Å². The van der Waals surface area contributed by atoms with Crippen molar-refractivity contribution in [1.82, 2.24) is 0 Å². The third-order valence-electron chi connectivity index (χ3n) is 5.58. The molecule has 0 saturated heterocycles. The van der Waals surface area contributed by atoms with Crippen LogP contribution >= 0.6 is 0 Å². The van der Waals surface area contributed by atoms with Crippen molar-refractivity contribution in [3.63, 3.8) is 0 Å². The van der Waals surface area contributed by atoms with Crippen LogP contribution in [0.15, 0.2) is 0 Å². The molecule has 0 spiro atoms. The van der Waals surface area contributed by atoms with Crippen LogP contribution in [0.4, 0.5) is 0 Å². The molecule has 0 N–H and O–H groups in total. The molecule has 0 amide bonds. The van der Waals surface area contributed by atoms with Crippen LogP contribution in [-0.2, 0) is 0 Å². The van der Waals surface area contributed by atoms with Crippen LogP contribution < -0.4 is 0 Å². The molecule has 2 aliphatic rings. The molecule has 2 fully saturated rings. The van der Waals surface area contributed by atoms with Crippen molar-refractivity contribution in [1.29, 1.82) is 0 Å². The third-order valence-corrected chi connectivity index (χ3v) is 5.58. The lowest BCUT2D eigenvalue weighted by molar-refractivity contribution is 0.160. The zero-order valence-corrected chi connectivity index (χ0v) is 10.5. The van der Waals surface area contributed by atoms with Gasteiger partial charge in [0.1, 0.15) is 0 Å². The molecule has 0 aromatic rings. The van der Waals surface area contributed by atoms with Gasteiger partial charge in [-0.25, -0.2) is 0 Å². The van der Waals surface area contributed by atoms with Crippen molar-refractivity contribution < 1.29 is 0 Å². The summed E-state index contributed by atoms with van der Waals surface area (Å²) in [6, 6.07) is 0. The van der Waals surface area contributed by atoms with E-state index in [9.17, 15) is 0 Å². The summed E-state index contributed by atoms with van der Waals surface area (Å²) < 4.78 is 0. The van der Waals surface area contributed by atoms with Gasteiger partial charge in [0.25, 0.3) is 0 Å². The van der Waals surface area contributed by atoms with Crippen molar-refractivity contribution in [3.8, 4) is 0 Å². The van der Waals surface area contributed by atoms with Gasteiger partial charge >= 0.3 is 0 Å². The Morgan fingerprint density at radius 3 is 1.79 bits per heavy atom. The molecule has 0 aromatic carbocycles. The van der Waals surface area contributed by atoms with E-state index in [0.717, 1.165) is 35.0 Å². The summed E-state index contributed by atoms with van der Waals surface area (Å²) in [5.74, 6) is 5.11. The Bertz CT molecular complexity index is 204. The summed E-state index contributed by atoms with van der Waals surface area (Å²) >= 11 is 0. The maximum Gasteiger partial charge on any atom is -0.0201 e. The summed E-state index contributed by atoms with van der Waals surface area (Å²) in [7, 11) is 0. The summed E-state index contributed by atoms with van der Waals surface area (Å²) in [4.78, 5) is 0. The summed E-state index contributed by atoms with van der Waals surface area (Å²) in [5, 5.41) is 0. The van der Waals surface area contributed by atoms with Gasteiger partial charge in [0.05, 0.1) is 0 Å². The molecule has 2 saturated carbocycles. The van der Waals surface area contributed by atoms with E-state index in [-0.39, 0.29) is 0 Å². The molecule has 5 atom stereocenters. The highest BCUT2D eigenvalue weighted by molar-refractivity contribution is 5.26. The minimum atomic E-state index is 0.838. The first-order chi connectivity index (χ1) is 6.59. The van der Waals surface area contributed by atoms with Crippen molar-refractivity contribution in [3.05, 3.63) is 0 Å².